The highest BCUT2D eigenvalue weighted by molar-refractivity contribution is 4.72. The average Bonchev–Trinajstić information content (AvgIpc) is 1.99. The largest absolute Gasteiger partial charge is 0.330 e. The summed E-state index contributed by atoms with van der Waals surface area (Å²) in [5.41, 5.74) is 5.57. The van der Waals surface area contributed by atoms with Crippen LogP contribution < -0.4 is 5.73 Å². The lowest BCUT2D eigenvalue weighted by Gasteiger charge is -2.34. The Morgan fingerprint density at radius 3 is 1.92 bits per heavy atom. The maximum absolute atomic E-state index is 5.57. The van der Waals surface area contributed by atoms with Crippen molar-refractivity contribution in [2.45, 2.75) is 53.1 Å². The fourth-order valence-electron chi connectivity index (χ4n) is 1.73. The van der Waals surface area contributed by atoms with Crippen LogP contribution in [0.5, 0.6) is 0 Å². The van der Waals surface area contributed by atoms with Gasteiger partial charge in [-0.2, -0.15) is 0 Å². The Bertz CT molecular complexity index is 121. The van der Waals surface area contributed by atoms with Crippen molar-refractivity contribution in [2.24, 2.45) is 11.7 Å². The maximum Gasteiger partial charge on any atom is 0.00817 e. The van der Waals surface area contributed by atoms with Crippen molar-refractivity contribution in [1.82, 2.24) is 4.90 Å². The van der Waals surface area contributed by atoms with Gasteiger partial charge in [0.05, 0.1) is 0 Å². The fraction of sp³-hybridized carbons (Fsp3) is 1.00. The van der Waals surface area contributed by atoms with Crippen molar-refractivity contribution < 1.29 is 0 Å². The summed E-state index contributed by atoms with van der Waals surface area (Å²) in [5, 5.41) is 0. The molecule has 80 valence electrons. The summed E-state index contributed by atoms with van der Waals surface area (Å²) in [6, 6.07) is 1.25. The molecule has 0 amide bonds. The van der Waals surface area contributed by atoms with Crippen molar-refractivity contribution in [3.8, 4) is 0 Å². The molecule has 0 radical (unpaired) electrons. The first-order chi connectivity index (χ1) is 5.99. The van der Waals surface area contributed by atoms with Gasteiger partial charge in [0.15, 0.2) is 0 Å². The molecule has 0 fully saturated rings. The first-order valence-corrected chi connectivity index (χ1v) is 5.44. The van der Waals surface area contributed by atoms with Crippen molar-refractivity contribution in [3.05, 3.63) is 0 Å². The molecule has 0 spiro atoms. The molecule has 0 saturated heterocycles. The molecule has 0 heterocycles. The number of nitrogens with zero attached hydrogens (tertiary/aromatic N) is 1. The zero-order valence-corrected chi connectivity index (χ0v) is 9.88. The van der Waals surface area contributed by atoms with Crippen molar-refractivity contribution in [2.75, 3.05) is 13.1 Å². The van der Waals surface area contributed by atoms with Crippen LogP contribution in [-0.4, -0.2) is 30.1 Å². The van der Waals surface area contributed by atoms with Gasteiger partial charge in [-0.25, -0.2) is 0 Å². The van der Waals surface area contributed by atoms with E-state index in [9.17, 15) is 0 Å². The van der Waals surface area contributed by atoms with Gasteiger partial charge in [-0.3, -0.25) is 4.90 Å². The molecule has 0 aromatic rings. The zero-order chi connectivity index (χ0) is 10.4. The lowest BCUT2D eigenvalue weighted by atomic mass is 10.1. The number of nitrogens with two attached hydrogens (primary N) is 1. The molecule has 13 heavy (non-hydrogen) atoms. The zero-order valence-electron chi connectivity index (χ0n) is 9.88. The van der Waals surface area contributed by atoms with E-state index >= 15 is 0 Å². The molecule has 0 aromatic carbocycles. The Morgan fingerprint density at radius 1 is 1.08 bits per heavy atom. The lowest BCUT2D eigenvalue weighted by molar-refractivity contribution is 0.140. The first-order valence-electron chi connectivity index (χ1n) is 5.44. The molecule has 0 rings (SSSR count). The SMILES string of the molecule is CC(C)CN(C(C)C)C(C)CCN. The van der Waals surface area contributed by atoms with E-state index in [0.29, 0.717) is 12.1 Å². The topological polar surface area (TPSA) is 29.3 Å². The molecule has 2 heteroatoms. The van der Waals surface area contributed by atoms with E-state index in [0.717, 1.165) is 18.9 Å². The number of rotatable bonds is 6. The van der Waals surface area contributed by atoms with E-state index in [-0.39, 0.29) is 0 Å². The molecular formula is C11H26N2. The predicted octanol–water partition coefficient (Wildman–Crippen LogP) is 2.09. The summed E-state index contributed by atoms with van der Waals surface area (Å²) in [7, 11) is 0. The molecule has 0 bridgehead atoms. The third-order valence-electron chi connectivity index (χ3n) is 2.39. The fourth-order valence-corrected chi connectivity index (χ4v) is 1.73. The Labute approximate surface area is 83.5 Å². The van der Waals surface area contributed by atoms with Crippen molar-refractivity contribution in [3.63, 3.8) is 0 Å². The van der Waals surface area contributed by atoms with Gasteiger partial charge in [-0.15, -0.1) is 0 Å². The molecule has 1 atom stereocenters. The second-order valence-electron chi connectivity index (χ2n) is 4.61. The molecule has 0 aliphatic carbocycles. The molecular weight excluding hydrogens is 160 g/mol. The van der Waals surface area contributed by atoms with Gasteiger partial charge in [0, 0.05) is 18.6 Å². The summed E-state index contributed by atoms with van der Waals surface area (Å²) < 4.78 is 0. The second-order valence-corrected chi connectivity index (χ2v) is 4.61. The number of hydrogen-bond donors (Lipinski definition) is 1. The lowest BCUT2D eigenvalue weighted by Crippen LogP contribution is -2.42. The van der Waals surface area contributed by atoms with Crippen molar-refractivity contribution in [1.29, 1.82) is 0 Å². The van der Waals surface area contributed by atoms with Crippen LogP contribution in [0.25, 0.3) is 0 Å². The quantitative estimate of drug-likeness (QED) is 0.688. The highest BCUT2D eigenvalue weighted by Gasteiger charge is 2.16. The van der Waals surface area contributed by atoms with E-state index in [1.54, 1.807) is 0 Å². The highest BCUT2D eigenvalue weighted by atomic mass is 15.2. The standard InChI is InChI=1S/C11H26N2/c1-9(2)8-13(10(3)4)11(5)6-7-12/h9-11H,6-8,12H2,1-5H3. The van der Waals surface area contributed by atoms with Crippen LogP contribution in [0.1, 0.15) is 41.0 Å². The van der Waals surface area contributed by atoms with Crippen LogP contribution in [0, 0.1) is 5.92 Å². The average molecular weight is 186 g/mol. The molecule has 0 aromatic heterocycles. The maximum atomic E-state index is 5.57. The Morgan fingerprint density at radius 2 is 1.62 bits per heavy atom. The normalized spacial score (nSPS) is 14.5. The van der Waals surface area contributed by atoms with E-state index in [1.165, 1.54) is 6.54 Å². The summed E-state index contributed by atoms with van der Waals surface area (Å²) in [6.07, 6.45) is 1.10. The van der Waals surface area contributed by atoms with Gasteiger partial charge in [0.25, 0.3) is 0 Å². The molecule has 0 saturated carbocycles. The smallest absolute Gasteiger partial charge is 0.00817 e. The van der Waals surface area contributed by atoms with E-state index in [2.05, 4.69) is 39.5 Å². The first kappa shape index (κ1) is 12.9. The third-order valence-corrected chi connectivity index (χ3v) is 2.39. The van der Waals surface area contributed by atoms with Gasteiger partial charge in [-0.1, -0.05) is 13.8 Å². The van der Waals surface area contributed by atoms with E-state index < -0.39 is 0 Å². The Hall–Kier alpha value is -0.0800. The predicted molar refractivity (Wildman–Crippen MR) is 59.8 cm³/mol. The van der Waals surface area contributed by atoms with Gasteiger partial charge in [0.1, 0.15) is 0 Å². The van der Waals surface area contributed by atoms with Crippen LogP contribution >= 0.6 is 0 Å². The third kappa shape index (κ3) is 5.27. The van der Waals surface area contributed by atoms with Crippen LogP contribution in [0.2, 0.25) is 0 Å². The molecule has 2 N–H and O–H groups in total. The Kier molecular flexibility index (Phi) is 6.35. The van der Waals surface area contributed by atoms with Crippen LogP contribution in [0.4, 0.5) is 0 Å². The summed E-state index contributed by atoms with van der Waals surface area (Å²) in [4.78, 5) is 2.54. The van der Waals surface area contributed by atoms with E-state index in [1.807, 2.05) is 0 Å². The summed E-state index contributed by atoms with van der Waals surface area (Å²) in [5.74, 6) is 0.739. The molecule has 0 aliphatic rings. The molecule has 2 nitrogen and oxygen atoms in total. The minimum atomic E-state index is 0.618. The van der Waals surface area contributed by atoms with Gasteiger partial charge >= 0.3 is 0 Å². The minimum absolute atomic E-state index is 0.618. The van der Waals surface area contributed by atoms with Gasteiger partial charge < -0.3 is 5.73 Å². The second kappa shape index (κ2) is 6.39. The van der Waals surface area contributed by atoms with Crippen LogP contribution in [0.3, 0.4) is 0 Å². The van der Waals surface area contributed by atoms with Crippen LogP contribution in [-0.2, 0) is 0 Å². The molecule has 1 unspecified atom stereocenters. The van der Waals surface area contributed by atoms with Crippen LogP contribution in [0.15, 0.2) is 0 Å². The monoisotopic (exact) mass is 186 g/mol. The highest BCUT2D eigenvalue weighted by Crippen LogP contribution is 2.11. The van der Waals surface area contributed by atoms with E-state index in [4.69, 9.17) is 5.73 Å². The van der Waals surface area contributed by atoms with Gasteiger partial charge in [0.2, 0.25) is 0 Å². The minimum Gasteiger partial charge on any atom is -0.330 e. The Balaban J connectivity index is 4.07. The summed E-state index contributed by atoms with van der Waals surface area (Å²) >= 11 is 0. The van der Waals surface area contributed by atoms with Gasteiger partial charge in [-0.05, 0) is 39.7 Å². The number of hydrogen-bond acceptors (Lipinski definition) is 2. The van der Waals surface area contributed by atoms with Crippen molar-refractivity contribution >= 4 is 0 Å². The molecule has 0 aliphatic heterocycles. The summed E-state index contributed by atoms with van der Waals surface area (Å²) in [6.45, 7) is 13.3.